The Kier molecular flexibility index (Phi) is 12.4. The van der Waals surface area contributed by atoms with Gasteiger partial charge in [0.1, 0.15) is 12.6 Å². The Hall–Kier alpha value is -3.66. The van der Waals surface area contributed by atoms with Gasteiger partial charge in [-0.2, -0.15) is 0 Å². The van der Waals surface area contributed by atoms with E-state index in [9.17, 15) is 18.0 Å². The molecule has 0 radical (unpaired) electrons. The van der Waals surface area contributed by atoms with Crippen LogP contribution in [0.5, 0.6) is 0 Å². The van der Waals surface area contributed by atoms with Crippen molar-refractivity contribution in [3.63, 3.8) is 0 Å². The smallest absolute Gasteiger partial charge is 0.264 e. The van der Waals surface area contributed by atoms with E-state index in [4.69, 9.17) is 11.6 Å². The molecule has 2 amide bonds. The quantitative estimate of drug-likeness (QED) is 0.137. The number of benzene rings is 4. The molecular formula is C36H39BrClN3O4S. The van der Waals surface area contributed by atoms with Gasteiger partial charge in [-0.25, -0.2) is 8.42 Å². The van der Waals surface area contributed by atoms with Crippen molar-refractivity contribution in [3.05, 3.63) is 129 Å². The van der Waals surface area contributed by atoms with Gasteiger partial charge in [0.2, 0.25) is 11.8 Å². The fraction of sp³-hybridized carbons (Fsp3) is 0.278. The predicted octanol–water partition coefficient (Wildman–Crippen LogP) is 7.47. The van der Waals surface area contributed by atoms with Gasteiger partial charge >= 0.3 is 0 Å². The summed E-state index contributed by atoms with van der Waals surface area (Å²) in [5.41, 5.74) is 3.37. The zero-order valence-electron chi connectivity index (χ0n) is 26.2. The summed E-state index contributed by atoms with van der Waals surface area (Å²) in [6, 6.07) is 27.6. The highest BCUT2D eigenvalue weighted by Gasteiger charge is 2.35. The second-order valence-electron chi connectivity index (χ2n) is 11.2. The highest BCUT2D eigenvalue weighted by molar-refractivity contribution is 9.10. The predicted molar refractivity (Wildman–Crippen MR) is 188 cm³/mol. The first-order valence-corrected chi connectivity index (χ1v) is 17.8. The molecule has 0 aliphatic heterocycles. The summed E-state index contributed by atoms with van der Waals surface area (Å²) in [4.78, 5) is 30.0. The van der Waals surface area contributed by atoms with Gasteiger partial charge in [0.15, 0.2) is 0 Å². The number of halogens is 2. The maximum Gasteiger partial charge on any atom is 0.264 e. The summed E-state index contributed by atoms with van der Waals surface area (Å²) in [5, 5.41) is 3.38. The van der Waals surface area contributed by atoms with Gasteiger partial charge < -0.3 is 10.2 Å². The van der Waals surface area contributed by atoms with Crippen LogP contribution in [0.2, 0.25) is 5.02 Å². The van der Waals surface area contributed by atoms with Crippen molar-refractivity contribution in [1.82, 2.24) is 10.2 Å². The van der Waals surface area contributed by atoms with E-state index >= 15 is 0 Å². The molecule has 0 saturated heterocycles. The lowest BCUT2D eigenvalue weighted by molar-refractivity contribution is -0.140. The van der Waals surface area contributed by atoms with E-state index < -0.39 is 28.5 Å². The van der Waals surface area contributed by atoms with Gasteiger partial charge in [0.05, 0.1) is 10.6 Å². The van der Waals surface area contributed by atoms with Crippen LogP contribution in [0.15, 0.2) is 106 Å². The fourth-order valence-electron chi connectivity index (χ4n) is 5.11. The summed E-state index contributed by atoms with van der Waals surface area (Å²) in [6.45, 7) is 5.64. The third-order valence-corrected chi connectivity index (χ3v) is 10.4. The number of hydrogen-bond acceptors (Lipinski definition) is 4. The molecule has 0 aliphatic rings. The normalized spacial score (nSPS) is 11.9. The Morgan fingerprint density at radius 3 is 2.24 bits per heavy atom. The van der Waals surface area contributed by atoms with Crippen molar-refractivity contribution in [2.24, 2.45) is 0 Å². The molecule has 4 aromatic carbocycles. The molecular weight excluding hydrogens is 686 g/mol. The molecule has 10 heteroatoms. The standard InChI is InChI=1S/C36H39BrClN3O4S/c1-4-5-21-39-36(43)34(23-28-11-7-6-8-12-28)40(24-29-13-9-14-30(37)22-29)35(42)25-41(33-16-10-15-32(38)27(33)3)46(44,45)31-19-17-26(2)18-20-31/h6-20,22,34H,4-5,21,23-25H2,1-3H3,(H,39,43)/t34-/m0/s1. The first-order valence-electron chi connectivity index (χ1n) is 15.2. The number of nitrogens with one attached hydrogen (secondary N) is 1. The van der Waals surface area contributed by atoms with Crippen molar-refractivity contribution in [1.29, 1.82) is 0 Å². The molecule has 0 aliphatic carbocycles. The Morgan fingerprint density at radius 1 is 0.891 bits per heavy atom. The summed E-state index contributed by atoms with van der Waals surface area (Å²) in [6.07, 6.45) is 1.94. The molecule has 4 rings (SSSR count). The van der Waals surface area contributed by atoms with E-state index in [0.717, 1.165) is 38.3 Å². The number of aryl methyl sites for hydroxylation is 1. The molecule has 0 aromatic heterocycles. The molecule has 46 heavy (non-hydrogen) atoms. The summed E-state index contributed by atoms with van der Waals surface area (Å²) in [5.74, 6) is -0.825. The van der Waals surface area contributed by atoms with Crippen molar-refractivity contribution in [2.45, 2.75) is 57.5 Å². The van der Waals surface area contributed by atoms with Crippen molar-refractivity contribution >= 4 is 55.1 Å². The first kappa shape index (κ1) is 35.2. The SMILES string of the molecule is CCCCNC(=O)[C@H](Cc1ccccc1)N(Cc1cccc(Br)c1)C(=O)CN(c1cccc(Cl)c1C)S(=O)(=O)c1ccc(C)cc1. The molecule has 0 spiro atoms. The zero-order chi connectivity index (χ0) is 33.3. The lowest BCUT2D eigenvalue weighted by Crippen LogP contribution is -2.53. The molecule has 0 heterocycles. The number of amides is 2. The number of carbonyl (C=O) groups excluding carboxylic acids is 2. The van der Waals surface area contributed by atoms with E-state index in [2.05, 4.69) is 21.2 Å². The van der Waals surface area contributed by atoms with Crippen molar-refractivity contribution < 1.29 is 18.0 Å². The molecule has 0 fully saturated rings. The van der Waals surface area contributed by atoms with Crippen LogP contribution in [0.4, 0.5) is 5.69 Å². The van der Waals surface area contributed by atoms with Crippen LogP contribution in [-0.4, -0.2) is 44.3 Å². The van der Waals surface area contributed by atoms with Crippen molar-refractivity contribution in [3.8, 4) is 0 Å². The van der Waals surface area contributed by atoms with Crippen LogP contribution in [0, 0.1) is 13.8 Å². The number of unbranched alkanes of at least 4 members (excludes halogenated alkanes) is 1. The van der Waals surface area contributed by atoms with E-state index in [1.54, 1.807) is 37.3 Å². The molecule has 7 nitrogen and oxygen atoms in total. The van der Waals surface area contributed by atoms with E-state index in [0.29, 0.717) is 17.1 Å². The highest BCUT2D eigenvalue weighted by Crippen LogP contribution is 2.31. The number of anilines is 1. The van der Waals surface area contributed by atoms with Gasteiger partial charge in [0, 0.05) is 29.0 Å². The first-order chi connectivity index (χ1) is 22.0. The third-order valence-electron chi connectivity index (χ3n) is 7.74. The summed E-state index contributed by atoms with van der Waals surface area (Å²) in [7, 11) is -4.22. The zero-order valence-corrected chi connectivity index (χ0v) is 29.4. The van der Waals surface area contributed by atoms with Crippen LogP contribution in [0.3, 0.4) is 0 Å². The Bertz CT molecular complexity index is 1750. The van der Waals surface area contributed by atoms with Crippen LogP contribution < -0.4 is 9.62 Å². The van der Waals surface area contributed by atoms with Crippen molar-refractivity contribution in [2.75, 3.05) is 17.4 Å². The maximum absolute atomic E-state index is 14.6. The minimum atomic E-state index is -4.22. The number of hydrogen-bond donors (Lipinski definition) is 1. The lowest BCUT2D eigenvalue weighted by atomic mass is 10.0. The molecule has 1 N–H and O–H groups in total. The lowest BCUT2D eigenvalue weighted by Gasteiger charge is -2.34. The van der Waals surface area contributed by atoms with Gasteiger partial charge in [-0.05, 0) is 73.4 Å². The second-order valence-corrected chi connectivity index (χ2v) is 14.4. The summed E-state index contributed by atoms with van der Waals surface area (Å²) >= 11 is 9.98. The molecule has 1 atom stereocenters. The molecule has 4 aromatic rings. The van der Waals surface area contributed by atoms with Gasteiger partial charge in [-0.3, -0.25) is 13.9 Å². The Balaban J connectivity index is 1.82. The molecule has 0 bridgehead atoms. The molecule has 242 valence electrons. The highest BCUT2D eigenvalue weighted by atomic mass is 79.9. The largest absolute Gasteiger partial charge is 0.354 e. The Labute approximate surface area is 285 Å². The Morgan fingerprint density at radius 2 is 1.57 bits per heavy atom. The molecule has 0 unspecified atom stereocenters. The maximum atomic E-state index is 14.6. The van der Waals surface area contributed by atoms with Gasteiger partial charge in [-0.15, -0.1) is 0 Å². The minimum absolute atomic E-state index is 0.0435. The van der Waals surface area contributed by atoms with E-state index in [1.807, 2.05) is 68.4 Å². The number of sulfonamides is 1. The second kappa shape index (κ2) is 16.3. The number of rotatable bonds is 14. The minimum Gasteiger partial charge on any atom is -0.354 e. The van der Waals surface area contributed by atoms with Crippen LogP contribution in [-0.2, 0) is 32.6 Å². The topological polar surface area (TPSA) is 86.8 Å². The van der Waals surface area contributed by atoms with Gasteiger partial charge in [0.25, 0.3) is 10.0 Å². The number of carbonyl (C=O) groups is 2. The molecule has 0 saturated carbocycles. The van der Waals surface area contributed by atoms with Crippen LogP contribution in [0.25, 0.3) is 0 Å². The summed E-state index contributed by atoms with van der Waals surface area (Å²) < 4.78 is 30.5. The monoisotopic (exact) mass is 723 g/mol. The number of nitrogens with zero attached hydrogens (tertiary/aromatic N) is 2. The van der Waals surface area contributed by atoms with E-state index in [-0.39, 0.29) is 29.5 Å². The van der Waals surface area contributed by atoms with Crippen LogP contribution in [0.1, 0.15) is 42.0 Å². The average molecular weight is 725 g/mol. The average Bonchev–Trinajstić information content (AvgIpc) is 3.03. The third kappa shape index (κ3) is 8.99. The van der Waals surface area contributed by atoms with Crippen LogP contribution >= 0.6 is 27.5 Å². The fourth-order valence-corrected chi connectivity index (χ4v) is 7.20. The van der Waals surface area contributed by atoms with Gasteiger partial charge in [-0.1, -0.05) is 107 Å². The van der Waals surface area contributed by atoms with E-state index in [1.165, 1.54) is 17.0 Å².